The number of primary amides is 1. The Hall–Kier alpha value is -1.52. The van der Waals surface area contributed by atoms with E-state index in [0.29, 0.717) is 5.92 Å². The summed E-state index contributed by atoms with van der Waals surface area (Å²) in [5.41, 5.74) is 10.6. The van der Waals surface area contributed by atoms with Crippen LogP contribution in [0.15, 0.2) is 11.4 Å². The lowest BCUT2D eigenvalue weighted by molar-refractivity contribution is -0.114. The van der Waals surface area contributed by atoms with Crippen LogP contribution < -0.4 is 16.8 Å². The van der Waals surface area contributed by atoms with E-state index >= 15 is 0 Å². The number of nitrogens with two attached hydrogens (primary N) is 2. The number of hydrogen-bond donors (Lipinski definition) is 4. The minimum absolute atomic E-state index is 0.0116. The van der Waals surface area contributed by atoms with Crippen molar-refractivity contribution in [1.82, 2.24) is 5.32 Å². The number of hydrogen-bond acceptors (Lipinski definition) is 4. The van der Waals surface area contributed by atoms with Gasteiger partial charge >= 0.3 is 0 Å². The molecule has 5 nitrogen and oxygen atoms in total. The molecule has 0 aliphatic rings. The van der Waals surface area contributed by atoms with Crippen molar-refractivity contribution in [2.45, 2.75) is 26.8 Å². The van der Waals surface area contributed by atoms with Gasteiger partial charge in [-0.05, 0) is 12.8 Å². The standard InChI is InChI=1S/C9H18N4O/c1-5(2)6(3)13-8(11)7(4-10)9(12)14/h4-6,10,13H,11H2,1-3H3,(H2,12,14)/b8-7-,10-4?/t6-/m0/s1. The summed E-state index contributed by atoms with van der Waals surface area (Å²) in [6.07, 6.45) is 0.859. The highest BCUT2D eigenvalue weighted by Crippen LogP contribution is 2.02. The van der Waals surface area contributed by atoms with Crippen LogP contribution in [0.4, 0.5) is 0 Å². The number of nitrogens with one attached hydrogen (secondary N) is 2. The van der Waals surface area contributed by atoms with E-state index in [0.717, 1.165) is 6.21 Å². The molecule has 0 saturated carbocycles. The Kier molecular flexibility index (Phi) is 4.69. The molecule has 0 aliphatic heterocycles. The van der Waals surface area contributed by atoms with Gasteiger partial charge in [0.15, 0.2) is 0 Å². The van der Waals surface area contributed by atoms with Gasteiger partial charge in [0.2, 0.25) is 0 Å². The van der Waals surface area contributed by atoms with Crippen LogP contribution in [0.1, 0.15) is 20.8 Å². The summed E-state index contributed by atoms with van der Waals surface area (Å²) in [6.45, 7) is 6.00. The largest absolute Gasteiger partial charge is 0.385 e. The summed E-state index contributed by atoms with van der Waals surface area (Å²) in [6, 6.07) is 0.129. The van der Waals surface area contributed by atoms with Gasteiger partial charge in [-0.1, -0.05) is 13.8 Å². The smallest absolute Gasteiger partial charge is 0.253 e. The molecule has 1 amide bonds. The van der Waals surface area contributed by atoms with Crippen molar-refractivity contribution in [2.24, 2.45) is 17.4 Å². The summed E-state index contributed by atoms with van der Waals surface area (Å²) in [7, 11) is 0. The molecule has 6 N–H and O–H groups in total. The molecule has 80 valence electrons. The molecule has 0 aromatic rings. The average Bonchev–Trinajstić information content (AvgIpc) is 2.04. The van der Waals surface area contributed by atoms with Gasteiger partial charge in [0.25, 0.3) is 5.91 Å². The first kappa shape index (κ1) is 12.5. The average molecular weight is 198 g/mol. The predicted molar refractivity (Wildman–Crippen MR) is 56.6 cm³/mol. The van der Waals surface area contributed by atoms with E-state index in [1.54, 1.807) is 0 Å². The lowest BCUT2D eigenvalue weighted by Crippen LogP contribution is -2.36. The zero-order chi connectivity index (χ0) is 11.3. The fourth-order valence-electron chi connectivity index (χ4n) is 0.771. The third kappa shape index (κ3) is 3.47. The Morgan fingerprint density at radius 2 is 1.86 bits per heavy atom. The van der Waals surface area contributed by atoms with Crippen molar-refractivity contribution >= 4 is 12.1 Å². The molecular weight excluding hydrogens is 180 g/mol. The highest BCUT2D eigenvalue weighted by Gasteiger charge is 2.11. The number of carbonyl (C=O) groups is 1. The van der Waals surface area contributed by atoms with Crippen molar-refractivity contribution in [3.05, 3.63) is 11.4 Å². The maximum absolute atomic E-state index is 10.8. The van der Waals surface area contributed by atoms with Crippen LogP contribution in [0.5, 0.6) is 0 Å². The zero-order valence-corrected chi connectivity index (χ0v) is 8.79. The van der Waals surface area contributed by atoms with E-state index in [2.05, 4.69) is 5.32 Å². The van der Waals surface area contributed by atoms with Crippen LogP contribution in [0.25, 0.3) is 0 Å². The summed E-state index contributed by atoms with van der Waals surface area (Å²) in [4.78, 5) is 10.8. The Morgan fingerprint density at radius 1 is 1.36 bits per heavy atom. The maximum atomic E-state index is 10.8. The van der Waals surface area contributed by atoms with Crippen LogP contribution in [-0.4, -0.2) is 18.2 Å². The normalized spacial score (nSPS) is 14.6. The minimum atomic E-state index is -0.694. The van der Waals surface area contributed by atoms with E-state index in [1.807, 2.05) is 20.8 Å². The molecule has 0 unspecified atom stereocenters. The van der Waals surface area contributed by atoms with Crippen molar-refractivity contribution in [3.63, 3.8) is 0 Å². The Balaban J connectivity index is 4.64. The summed E-state index contributed by atoms with van der Waals surface area (Å²) >= 11 is 0. The SMILES string of the molecule is CC(C)[C@H](C)N/C(N)=C(/C=N)C(N)=O. The van der Waals surface area contributed by atoms with Crippen molar-refractivity contribution in [1.29, 1.82) is 5.41 Å². The van der Waals surface area contributed by atoms with Gasteiger partial charge in [-0.25, -0.2) is 0 Å². The van der Waals surface area contributed by atoms with Crippen molar-refractivity contribution in [2.75, 3.05) is 0 Å². The zero-order valence-electron chi connectivity index (χ0n) is 8.79. The van der Waals surface area contributed by atoms with Gasteiger partial charge in [-0.2, -0.15) is 0 Å². The van der Waals surface area contributed by atoms with Gasteiger partial charge in [0, 0.05) is 12.3 Å². The van der Waals surface area contributed by atoms with Gasteiger partial charge < -0.3 is 22.2 Å². The van der Waals surface area contributed by atoms with E-state index in [9.17, 15) is 4.79 Å². The first-order valence-electron chi connectivity index (χ1n) is 4.46. The minimum Gasteiger partial charge on any atom is -0.385 e. The lowest BCUT2D eigenvalue weighted by atomic mass is 10.1. The molecule has 0 radical (unpaired) electrons. The van der Waals surface area contributed by atoms with E-state index in [4.69, 9.17) is 16.9 Å². The third-order valence-electron chi connectivity index (χ3n) is 2.08. The Morgan fingerprint density at radius 3 is 2.14 bits per heavy atom. The molecule has 0 spiro atoms. The maximum Gasteiger partial charge on any atom is 0.253 e. The highest BCUT2D eigenvalue weighted by molar-refractivity contribution is 6.11. The predicted octanol–water partition coefficient (Wildman–Crippen LogP) is -0.0743. The summed E-state index contributed by atoms with van der Waals surface area (Å²) < 4.78 is 0. The van der Waals surface area contributed by atoms with Crippen LogP contribution in [-0.2, 0) is 4.79 Å². The monoisotopic (exact) mass is 198 g/mol. The molecule has 0 aliphatic carbocycles. The molecule has 5 heteroatoms. The number of amides is 1. The molecule has 0 bridgehead atoms. The Bertz CT molecular complexity index is 258. The first-order chi connectivity index (χ1) is 6.40. The van der Waals surface area contributed by atoms with Crippen molar-refractivity contribution < 1.29 is 4.79 Å². The molecule has 0 aromatic carbocycles. The first-order valence-corrected chi connectivity index (χ1v) is 4.46. The van der Waals surface area contributed by atoms with E-state index < -0.39 is 5.91 Å². The van der Waals surface area contributed by atoms with E-state index in [-0.39, 0.29) is 17.4 Å². The third-order valence-corrected chi connectivity index (χ3v) is 2.08. The van der Waals surface area contributed by atoms with Gasteiger partial charge in [0.05, 0.1) is 5.57 Å². The molecule has 0 rings (SSSR count). The highest BCUT2D eigenvalue weighted by atomic mass is 16.1. The quantitative estimate of drug-likeness (QED) is 0.367. The molecule has 1 atom stereocenters. The molecular formula is C9H18N4O. The second kappa shape index (κ2) is 5.26. The van der Waals surface area contributed by atoms with Crippen LogP contribution in [0, 0.1) is 11.3 Å². The number of rotatable bonds is 5. The fraction of sp³-hybridized carbons (Fsp3) is 0.556. The molecule has 14 heavy (non-hydrogen) atoms. The molecule has 0 fully saturated rings. The molecule has 0 aromatic heterocycles. The summed E-state index contributed by atoms with van der Waals surface area (Å²) in [5.74, 6) is -0.150. The van der Waals surface area contributed by atoms with Crippen molar-refractivity contribution in [3.8, 4) is 0 Å². The van der Waals surface area contributed by atoms with Gasteiger partial charge in [0.1, 0.15) is 5.82 Å². The van der Waals surface area contributed by atoms with Gasteiger partial charge in [-0.15, -0.1) is 0 Å². The topological polar surface area (TPSA) is 105 Å². The van der Waals surface area contributed by atoms with Crippen LogP contribution >= 0.6 is 0 Å². The van der Waals surface area contributed by atoms with Gasteiger partial charge in [-0.3, -0.25) is 4.79 Å². The lowest BCUT2D eigenvalue weighted by Gasteiger charge is -2.19. The second-order valence-corrected chi connectivity index (χ2v) is 3.51. The van der Waals surface area contributed by atoms with Crippen LogP contribution in [0.3, 0.4) is 0 Å². The summed E-state index contributed by atoms with van der Waals surface area (Å²) in [5, 5.41) is 9.89. The molecule has 0 heterocycles. The fourth-order valence-corrected chi connectivity index (χ4v) is 0.771. The number of carbonyl (C=O) groups excluding carboxylic acids is 1. The molecule has 0 saturated heterocycles. The Labute approximate surface area is 84.0 Å². The van der Waals surface area contributed by atoms with Crippen LogP contribution in [0.2, 0.25) is 0 Å². The second-order valence-electron chi connectivity index (χ2n) is 3.51. The van der Waals surface area contributed by atoms with E-state index in [1.165, 1.54) is 0 Å².